The number of sulfonamides is 1. The summed E-state index contributed by atoms with van der Waals surface area (Å²) in [7, 11) is -3.79. The zero-order chi connectivity index (χ0) is 20.0. The molecule has 0 spiro atoms. The third kappa shape index (κ3) is 3.80. The normalized spacial score (nSPS) is 14.8. The lowest BCUT2D eigenvalue weighted by atomic mass is 10.1. The number of nitrogens with zero attached hydrogens (tertiary/aromatic N) is 2. The minimum Gasteiger partial charge on any atom is -0.383 e. The smallest absolute Gasteiger partial charge is 0.244 e. The van der Waals surface area contributed by atoms with Gasteiger partial charge in [-0.05, 0) is 52.1 Å². The van der Waals surface area contributed by atoms with E-state index in [-0.39, 0.29) is 17.5 Å². The lowest BCUT2D eigenvalue weighted by Gasteiger charge is -2.22. The van der Waals surface area contributed by atoms with E-state index in [9.17, 15) is 13.5 Å². The molecule has 146 valence electrons. The van der Waals surface area contributed by atoms with Crippen LogP contribution < -0.4 is 4.72 Å². The molecule has 0 saturated carbocycles. The largest absolute Gasteiger partial charge is 0.383 e. The van der Waals surface area contributed by atoms with E-state index in [1.807, 2.05) is 44.2 Å². The van der Waals surface area contributed by atoms with E-state index in [0.717, 1.165) is 15.0 Å². The van der Waals surface area contributed by atoms with Crippen LogP contribution in [0.1, 0.15) is 43.1 Å². The maximum Gasteiger partial charge on any atom is 0.244 e. The number of hydrogen-bond donors (Lipinski definition) is 2. The molecule has 0 saturated heterocycles. The zero-order valence-corrected chi connectivity index (χ0v) is 17.8. The molecule has 0 aliphatic rings. The van der Waals surface area contributed by atoms with Crippen LogP contribution in [0.4, 0.5) is 0 Å². The Kier molecular flexibility index (Phi) is 5.20. The summed E-state index contributed by atoms with van der Waals surface area (Å²) in [6.07, 6.45) is 0. The van der Waals surface area contributed by atoms with Crippen molar-refractivity contribution in [2.45, 2.75) is 51.2 Å². The molecule has 2 heterocycles. The van der Waals surface area contributed by atoms with Crippen molar-refractivity contribution in [3.63, 3.8) is 0 Å². The van der Waals surface area contributed by atoms with Gasteiger partial charge in [0.25, 0.3) is 0 Å². The summed E-state index contributed by atoms with van der Waals surface area (Å²) in [5.41, 5.74) is -0.265. The van der Waals surface area contributed by atoms with Gasteiger partial charge in [-0.15, -0.1) is 11.3 Å². The van der Waals surface area contributed by atoms with Crippen LogP contribution >= 0.6 is 11.3 Å². The van der Waals surface area contributed by atoms with Crippen molar-refractivity contribution in [2.75, 3.05) is 6.54 Å². The van der Waals surface area contributed by atoms with Gasteiger partial charge in [-0.1, -0.05) is 18.2 Å². The summed E-state index contributed by atoms with van der Waals surface area (Å²) in [5, 5.41) is 16.3. The molecule has 27 heavy (non-hydrogen) atoms. The molecule has 8 heteroatoms. The fourth-order valence-corrected chi connectivity index (χ4v) is 5.82. The quantitative estimate of drug-likeness (QED) is 0.655. The molecule has 3 aromatic rings. The maximum atomic E-state index is 12.9. The Labute approximate surface area is 163 Å². The molecule has 0 aliphatic carbocycles. The van der Waals surface area contributed by atoms with Crippen LogP contribution in [-0.2, 0) is 15.6 Å². The van der Waals surface area contributed by atoms with Crippen LogP contribution in [-0.4, -0.2) is 29.8 Å². The first kappa shape index (κ1) is 20.0. The Morgan fingerprint density at radius 3 is 2.56 bits per heavy atom. The van der Waals surface area contributed by atoms with Crippen molar-refractivity contribution in [3.8, 4) is 0 Å². The van der Waals surface area contributed by atoms with Gasteiger partial charge in [-0.25, -0.2) is 13.1 Å². The lowest BCUT2D eigenvalue weighted by Crippen LogP contribution is -2.38. The van der Waals surface area contributed by atoms with Gasteiger partial charge in [-0.2, -0.15) is 5.10 Å². The van der Waals surface area contributed by atoms with Gasteiger partial charge < -0.3 is 5.11 Å². The number of benzene rings is 1. The maximum absolute atomic E-state index is 12.9. The molecule has 2 aromatic heterocycles. The van der Waals surface area contributed by atoms with E-state index in [0.29, 0.717) is 11.4 Å². The van der Waals surface area contributed by atoms with E-state index in [1.165, 1.54) is 11.3 Å². The molecular formula is C19H25N3O3S2. The van der Waals surface area contributed by atoms with Crippen LogP contribution in [0.25, 0.3) is 10.1 Å². The summed E-state index contributed by atoms with van der Waals surface area (Å²) in [6.45, 7) is 8.85. The molecule has 1 atom stereocenters. The molecule has 1 unspecified atom stereocenters. The first-order chi connectivity index (χ1) is 12.5. The number of rotatable bonds is 6. The van der Waals surface area contributed by atoms with Gasteiger partial charge in [-0.3, -0.25) is 4.68 Å². The Hall–Kier alpha value is -1.74. The van der Waals surface area contributed by atoms with Crippen molar-refractivity contribution >= 4 is 31.4 Å². The highest BCUT2D eigenvalue weighted by Crippen LogP contribution is 2.33. The van der Waals surface area contributed by atoms with Crippen LogP contribution in [0, 0.1) is 13.8 Å². The SMILES string of the molecule is Cc1nn(C(C)C)c(C)c1S(=O)(=O)NCC(C)(O)c1cc2ccccc2s1. The highest BCUT2D eigenvalue weighted by Gasteiger charge is 2.31. The topological polar surface area (TPSA) is 84.2 Å². The number of thiophene rings is 1. The van der Waals surface area contributed by atoms with Crippen molar-refractivity contribution in [1.82, 2.24) is 14.5 Å². The van der Waals surface area contributed by atoms with E-state index in [4.69, 9.17) is 0 Å². The molecule has 3 rings (SSSR count). The van der Waals surface area contributed by atoms with E-state index in [1.54, 1.807) is 25.5 Å². The average molecular weight is 408 g/mol. The molecule has 6 nitrogen and oxygen atoms in total. The fourth-order valence-electron chi connectivity index (χ4n) is 3.18. The minimum absolute atomic E-state index is 0.0642. The molecule has 0 bridgehead atoms. The monoisotopic (exact) mass is 407 g/mol. The number of nitrogens with one attached hydrogen (secondary N) is 1. The standard InChI is InChI=1S/C19H25N3O3S2/c1-12(2)22-14(4)18(13(3)21-22)27(24,25)20-11-19(5,23)17-10-15-8-6-7-9-16(15)26-17/h6-10,12,20,23H,11H2,1-5H3. The molecule has 2 N–H and O–H groups in total. The van der Waals surface area contributed by atoms with Gasteiger partial charge in [0, 0.05) is 22.2 Å². The third-order valence-electron chi connectivity index (χ3n) is 4.58. The average Bonchev–Trinajstić information content (AvgIpc) is 3.15. The minimum atomic E-state index is -3.79. The molecule has 0 radical (unpaired) electrons. The first-order valence-electron chi connectivity index (χ1n) is 8.80. The lowest BCUT2D eigenvalue weighted by molar-refractivity contribution is 0.0666. The predicted octanol–water partition coefficient (Wildman–Crippen LogP) is 3.48. The van der Waals surface area contributed by atoms with E-state index < -0.39 is 15.6 Å². The van der Waals surface area contributed by atoms with Crippen molar-refractivity contribution in [2.24, 2.45) is 0 Å². The molecular weight excluding hydrogens is 382 g/mol. The number of aryl methyl sites for hydroxylation is 1. The van der Waals surface area contributed by atoms with Crippen LogP contribution in [0.5, 0.6) is 0 Å². The Balaban J connectivity index is 1.86. The van der Waals surface area contributed by atoms with E-state index >= 15 is 0 Å². The number of aromatic nitrogens is 2. The van der Waals surface area contributed by atoms with Gasteiger partial charge in [0.1, 0.15) is 10.5 Å². The first-order valence-corrected chi connectivity index (χ1v) is 11.1. The van der Waals surface area contributed by atoms with Gasteiger partial charge in [0.15, 0.2) is 0 Å². The highest BCUT2D eigenvalue weighted by molar-refractivity contribution is 7.89. The molecule has 1 aromatic carbocycles. The summed E-state index contributed by atoms with van der Waals surface area (Å²) in [6, 6.07) is 9.81. The highest BCUT2D eigenvalue weighted by atomic mass is 32.2. The number of aliphatic hydroxyl groups is 1. The fraction of sp³-hybridized carbons (Fsp3) is 0.421. The Morgan fingerprint density at radius 1 is 1.30 bits per heavy atom. The second-order valence-corrected chi connectivity index (χ2v) is 10.1. The van der Waals surface area contributed by atoms with Crippen molar-refractivity contribution < 1.29 is 13.5 Å². The van der Waals surface area contributed by atoms with E-state index in [2.05, 4.69) is 9.82 Å². The molecule has 0 aliphatic heterocycles. The van der Waals surface area contributed by atoms with Gasteiger partial charge >= 0.3 is 0 Å². The second kappa shape index (κ2) is 7.01. The summed E-state index contributed by atoms with van der Waals surface area (Å²) in [4.78, 5) is 0.904. The summed E-state index contributed by atoms with van der Waals surface area (Å²) < 4.78 is 31.1. The number of hydrogen-bond acceptors (Lipinski definition) is 5. The summed E-state index contributed by atoms with van der Waals surface area (Å²) >= 11 is 1.46. The molecule has 0 amide bonds. The Morgan fingerprint density at radius 2 is 1.96 bits per heavy atom. The van der Waals surface area contributed by atoms with Crippen LogP contribution in [0.2, 0.25) is 0 Å². The second-order valence-electron chi connectivity index (χ2n) is 7.29. The Bertz CT molecular complexity index is 1050. The number of fused-ring (bicyclic) bond motifs is 1. The van der Waals surface area contributed by atoms with Crippen LogP contribution in [0.3, 0.4) is 0 Å². The zero-order valence-electron chi connectivity index (χ0n) is 16.1. The van der Waals surface area contributed by atoms with Gasteiger partial charge in [0.2, 0.25) is 10.0 Å². The predicted molar refractivity (Wildman–Crippen MR) is 109 cm³/mol. The summed E-state index contributed by atoms with van der Waals surface area (Å²) in [5.74, 6) is 0. The van der Waals surface area contributed by atoms with Crippen molar-refractivity contribution in [3.05, 3.63) is 46.6 Å². The molecule has 0 fully saturated rings. The third-order valence-corrected chi connectivity index (χ3v) is 7.60. The van der Waals surface area contributed by atoms with Gasteiger partial charge in [0.05, 0.1) is 11.4 Å². The van der Waals surface area contributed by atoms with Crippen LogP contribution in [0.15, 0.2) is 35.2 Å². The van der Waals surface area contributed by atoms with Crippen molar-refractivity contribution in [1.29, 1.82) is 0 Å².